The molecule has 1 aromatic carbocycles. The van der Waals surface area contributed by atoms with Crippen LogP contribution in [0.15, 0.2) is 41.8 Å². The Bertz CT molecular complexity index is 689. The molecule has 1 heterocycles. The van der Waals surface area contributed by atoms with Crippen molar-refractivity contribution in [1.82, 2.24) is 4.90 Å². The monoisotopic (exact) mass is 368 g/mol. The van der Waals surface area contributed by atoms with Gasteiger partial charge in [-0.25, -0.2) is 8.42 Å². The molecule has 2 rings (SSSR count). The minimum absolute atomic E-state index is 0.0591. The highest BCUT2D eigenvalue weighted by Gasteiger charge is 2.32. The Balaban J connectivity index is 1.98. The van der Waals surface area contributed by atoms with Crippen LogP contribution in [0.2, 0.25) is 0 Å². The maximum Gasteiger partial charge on any atom is 0.238 e. The Hall–Kier alpha value is -1.31. The van der Waals surface area contributed by atoms with Crippen molar-refractivity contribution in [1.29, 1.82) is 0 Å². The van der Waals surface area contributed by atoms with Gasteiger partial charge < -0.3 is 5.32 Å². The summed E-state index contributed by atoms with van der Waals surface area (Å²) in [4.78, 5) is 15.3. The molecular weight excluding hydrogens is 344 g/mol. The Morgan fingerprint density at radius 3 is 2.83 bits per heavy atom. The van der Waals surface area contributed by atoms with E-state index in [1.54, 1.807) is 11.8 Å². The summed E-state index contributed by atoms with van der Waals surface area (Å²) in [5.41, 5.74) is 0.782. The predicted octanol–water partition coefficient (Wildman–Crippen LogP) is 2.41. The number of carbonyl (C=O) groups excluding carboxylic acids is 1. The van der Waals surface area contributed by atoms with Gasteiger partial charge in [-0.1, -0.05) is 25.1 Å². The molecule has 0 aliphatic carbocycles. The number of amides is 1. The van der Waals surface area contributed by atoms with Crippen molar-refractivity contribution in [2.24, 2.45) is 0 Å². The molecule has 24 heavy (non-hydrogen) atoms. The highest BCUT2D eigenvalue weighted by Crippen LogP contribution is 2.27. The molecule has 0 spiro atoms. The number of anilines is 1. The predicted molar refractivity (Wildman–Crippen MR) is 100 cm³/mol. The first-order valence-electron chi connectivity index (χ1n) is 8.02. The number of rotatable bonds is 8. The molecule has 0 saturated carbocycles. The Morgan fingerprint density at radius 1 is 1.46 bits per heavy atom. The molecule has 132 valence electrons. The molecule has 0 radical (unpaired) electrons. The van der Waals surface area contributed by atoms with E-state index < -0.39 is 9.84 Å². The molecule has 1 aliphatic heterocycles. The zero-order chi connectivity index (χ0) is 17.6. The van der Waals surface area contributed by atoms with Crippen molar-refractivity contribution >= 4 is 33.2 Å². The van der Waals surface area contributed by atoms with Crippen LogP contribution in [0.3, 0.4) is 0 Å². The summed E-state index contributed by atoms with van der Waals surface area (Å²) < 4.78 is 23.3. The van der Waals surface area contributed by atoms with Gasteiger partial charge in [0, 0.05) is 16.7 Å². The minimum atomic E-state index is -2.95. The van der Waals surface area contributed by atoms with Gasteiger partial charge in [0.1, 0.15) is 0 Å². The lowest BCUT2D eigenvalue weighted by Crippen LogP contribution is -2.41. The van der Waals surface area contributed by atoms with Crippen LogP contribution in [0.5, 0.6) is 0 Å². The number of carbonyl (C=O) groups is 1. The fourth-order valence-corrected chi connectivity index (χ4v) is 5.29. The third-order valence-electron chi connectivity index (χ3n) is 4.00. The first-order chi connectivity index (χ1) is 11.4. The highest BCUT2D eigenvalue weighted by atomic mass is 32.2. The van der Waals surface area contributed by atoms with E-state index >= 15 is 0 Å². The Morgan fingerprint density at radius 2 is 2.21 bits per heavy atom. The molecule has 1 fully saturated rings. The highest BCUT2D eigenvalue weighted by molar-refractivity contribution is 7.99. The van der Waals surface area contributed by atoms with Gasteiger partial charge in [0.2, 0.25) is 5.91 Å². The fraction of sp³-hybridized carbons (Fsp3) is 0.471. The van der Waals surface area contributed by atoms with Crippen LogP contribution in [0.4, 0.5) is 5.69 Å². The number of para-hydroxylation sites is 1. The number of hydrogen-bond acceptors (Lipinski definition) is 5. The van der Waals surface area contributed by atoms with E-state index in [9.17, 15) is 13.2 Å². The standard InChI is InChI=1S/C17H24N2O3S2/c1-3-10-23-16-8-6-5-7-15(16)18-17(20)12-19(4-2)14-9-11-24(21,22)13-14/h3,5-8,14H,1,4,9-13H2,2H3,(H,18,20). The molecule has 1 amide bonds. The molecule has 7 heteroatoms. The van der Waals surface area contributed by atoms with E-state index in [1.165, 1.54) is 0 Å². The smallest absolute Gasteiger partial charge is 0.238 e. The van der Waals surface area contributed by atoms with E-state index in [4.69, 9.17) is 0 Å². The maximum absolute atomic E-state index is 12.4. The van der Waals surface area contributed by atoms with Crippen molar-refractivity contribution in [2.75, 3.05) is 35.7 Å². The van der Waals surface area contributed by atoms with E-state index in [0.717, 1.165) is 16.3 Å². The summed E-state index contributed by atoms with van der Waals surface area (Å²) in [6.45, 7) is 6.52. The quantitative estimate of drug-likeness (QED) is 0.564. The van der Waals surface area contributed by atoms with Crippen LogP contribution < -0.4 is 5.32 Å². The van der Waals surface area contributed by atoms with Crippen LogP contribution in [-0.2, 0) is 14.6 Å². The molecule has 0 bridgehead atoms. The minimum Gasteiger partial charge on any atom is -0.324 e. The van der Waals surface area contributed by atoms with Gasteiger partial charge in [0.05, 0.1) is 23.7 Å². The molecule has 1 saturated heterocycles. The molecule has 1 atom stereocenters. The van der Waals surface area contributed by atoms with Crippen molar-refractivity contribution < 1.29 is 13.2 Å². The van der Waals surface area contributed by atoms with Gasteiger partial charge in [-0.05, 0) is 25.1 Å². The zero-order valence-electron chi connectivity index (χ0n) is 13.9. The molecule has 1 N–H and O–H groups in total. The molecule has 0 aromatic heterocycles. The molecule has 1 aromatic rings. The van der Waals surface area contributed by atoms with Crippen LogP contribution in [0, 0.1) is 0 Å². The summed E-state index contributed by atoms with van der Waals surface area (Å²) in [7, 11) is -2.95. The number of hydrogen-bond donors (Lipinski definition) is 1. The Kier molecular flexibility index (Phi) is 6.89. The fourth-order valence-electron chi connectivity index (χ4n) is 2.78. The first kappa shape index (κ1) is 19.0. The normalized spacial score (nSPS) is 19.3. The zero-order valence-corrected chi connectivity index (χ0v) is 15.5. The number of nitrogens with zero attached hydrogens (tertiary/aromatic N) is 1. The van der Waals surface area contributed by atoms with Crippen LogP contribution in [-0.4, -0.2) is 55.6 Å². The lowest BCUT2D eigenvalue weighted by molar-refractivity contribution is -0.117. The maximum atomic E-state index is 12.4. The number of benzene rings is 1. The second-order valence-corrected chi connectivity index (χ2v) is 9.05. The molecule has 5 nitrogen and oxygen atoms in total. The first-order valence-corrected chi connectivity index (χ1v) is 10.8. The van der Waals surface area contributed by atoms with Gasteiger partial charge in [-0.15, -0.1) is 18.3 Å². The van der Waals surface area contributed by atoms with Gasteiger partial charge in [0.15, 0.2) is 9.84 Å². The second kappa shape index (κ2) is 8.69. The molecule has 1 unspecified atom stereocenters. The van der Waals surface area contributed by atoms with Gasteiger partial charge in [0.25, 0.3) is 0 Å². The molecule has 1 aliphatic rings. The SMILES string of the molecule is C=CCSc1ccccc1NC(=O)CN(CC)C1CCS(=O)(=O)C1. The van der Waals surface area contributed by atoms with Gasteiger partial charge in [-0.2, -0.15) is 0 Å². The summed E-state index contributed by atoms with van der Waals surface area (Å²) in [5.74, 6) is 1.03. The van der Waals surface area contributed by atoms with E-state index in [0.29, 0.717) is 13.0 Å². The van der Waals surface area contributed by atoms with Crippen LogP contribution in [0.1, 0.15) is 13.3 Å². The summed E-state index contributed by atoms with van der Waals surface area (Å²) in [6, 6.07) is 7.60. The number of thioether (sulfide) groups is 1. The molecular formula is C17H24N2O3S2. The van der Waals surface area contributed by atoms with Gasteiger partial charge in [-0.3, -0.25) is 9.69 Å². The Labute approximate surface area is 148 Å². The second-order valence-electron chi connectivity index (χ2n) is 5.76. The van der Waals surface area contributed by atoms with Crippen molar-refractivity contribution in [3.8, 4) is 0 Å². The number of nitrogens with one attached hydrogen (secondary N) is 1. The van der Waals surface area contributed by atoms with Crippen LogP contribution in [0.25, 0.3) is 0 Å². The van der Waals surface area contributed by atoms with Crippen molar-refractivity contribution in [3.05, 3.63) is 36.9 Å². The summed E-state index contributed by atoms with van der Waals surface area (Å²) in [6.07, 6.45) is 2.43. The lowest BCUT2D eigenvalue weighted by atomic mass is 10.2. The third kappa shape index (κ3) is 5.36. The van der Waals surface area contributed by atoms with Crippen LogP contribution >= 0.6 is 11.8 Å². The topological polar surface area (TPSA) is 66.5 Å². The number of likely N-dealkylation sites (N-methyl/N-ethyl adjacent to an activating group) is 1. The third-order valence-corrected chi connectivity index (χ3v) is 6.82. The average Bonchev–Trinajstić information content (AvgIpc) is 2.91. The summed E-state index contributed by atoms with van der Waals surface area (Å²) in [5, 5.41) is 2.94. The van der Waals surface area contributed by atoms with E-state index in [2.05, 4.69) is 11.9 Å². The largest absolute Gasteiger partial charge is 0.324 e. The average molecular weight is 369 g/mol. The number of sulfone groups is 1. The van der Waals surface area contributed by atoms with Crippen molar-refractivity contribution in [2.45, 2.75) is 24.3 Å². The van der Waals surface area contributed by atoms with Gasteiger partial charge >= 0.3 is 0 Å². The summed E-state index contributed by atoms with van der Waals surface area (Å²) >= 11 is 1.61. The van der Waals surface area contributed by atoms with E-state index in [-0.39, 0.29) is 30.0 Å². The lowest BCUT2D eigenvalue weighted by Gasteiger charge is -2.25. The van der Waals surface area contributed by atoms with E-state index in [1.807, 2.05) is 42.2 Å². The van der Waals surface area contributed by atoms with Crippen molar-refractivity contribution in [3.63, 3.8) is 0 Å².